The molecule has 0 bridgehead atoms. The molecular formula is C8H11N3O3. The van der Waals surface area contributed by atoms with Gasteiger partial charge in [0, 0.05) is 0 Å². The van der Waals surface area contributed by atoms with Crippen LogP contribution in [0.2, 0.25) is 0 Å². The molecule has 1 N–H and O–H groups in total. The van der Waals surface area contributed by atoms with E-state index in [2.05, 4.69) is 14.8 Å². The van der Waals surface area contributed by atoms with Crippen LogP contribution in [0.15, 0.2) is 6.33 Å². The number of aliphatic hydroxyl groups is 1. The van der Waals surface area contributed by atoms with E-state index in [9.17, 15) is 9.90 Å². The highest BCUT2D eigenvalue weighted by Crippen LogP contribution is 2.26. The lowest BCUT2D eigenvalue weighted by Gasteiger charge is -2.24. The monoisotopic (exact) mass is 197 g/mol. The van der Waals surface area contributed by atoms with E-state index in [-0.39, 0.29) is 11.9 Å². The number of ether oxygens (including phenoxy) is 1. The maximum atomic E-state index is 11.2. The minimum atomic E-state index is -0.727. The van der Waals surface area contributed by atoms with Gasteiger partial charge in [-0.25, -0.2) is 9.67 Å². The summed E-state index contributed by atoms with van der Waals surface area (Å²) in [6.45, 7) is 0.430. The molecule has 1 aliphatic heterocycles. The van der Waals surface area contributed by atoms with Gasteiger partial charge in [-0.05, 0) is 6.42 Å². The van der Waals surface area contributed by atoms with Gasteiger partial charge >= 0.3 is 5.97 Å². The van der Waals surface area contributed by atoms with E-state index in [1.807, 2.05) is 0 Å². The van der Waals surface area contributed by atoms with Crippen molar-refractivity contribution in [2.45, 2.75) is 19.1 Å². The molecule has 1 aliphatic rings. The molecular weight excluding hydrogens is 186 g/mol. The Bertz CT molecular complexity index is 349. The summed E-state index contributed by atoms with van der Waals surface area (Å²) in [5.74, 6) is -0.125. The molecule has 6 heteroatoms. The summed E-state index contributed by atoms with van der Waals surface area (Å²) in [4.78, 5) is 15.2. The number of aromatic nitrogens is 3. The number of fused-ring (bicyclic) bond motifs is 1. The van der Waals surface area contributed by atoms with E-state index < -0.39 is 6.10 Å². The maximum absolute atomic E-state index is 11.2. The number of aliphatic hydroxyl groups excluding tert-OH is 1. The topological polar surface area (TPSA) is 77.2 Å². The Morgan fingerprint density at radius 1 is 1.79 bits per heavy atom. The van der Waals surface area contributed by atoms with Crippen LogP contribution in [0.25, 0.3) is 0 Å². The summed E-state index contributed by atoms with van der Waals surface area (Å²) < 4.78 is 6.16. The lowest BCUT2D eigenvalue weighted by atomic mass is 9.98. The van der Waals surface area contributed by atoms with Crippen molar-refractivity contribution in [1.82, 2.24) is 14.8 Å². The van der Waals surface area contributed by atoms with Crippen molar-refractivity contribution in [2.24, 2.45) is 5.92 Å². The first kappa shape index (κ1) is 9.14. The molecule has 0 radical (unpaired) electrons. The van der Waals surface area contributed by atoms with Crippen LogP contribution >= 0.6 is 0 Å². The standard InChI is InChI=1S/C8H11N3O3/c1-14-8(13)5-2-6(12)7-9-4-10-11(7)3-5/h4-6,12H,2-3H2,1H3. The molecule has 0 aromatic carbocycles. The van der Waals surface area contributed by atoms with E-state index in [0.717, 1.165) is 0 Å². The number of hydrogen-bond donors (Lipinski definition) is 1. The van der Waals surface area contributed by atoms with E-state index in [4.69, 9.17) is 0 Å². The highest BCUT2D eigenvalue weighted by molar-refractivity contribution is 5.72. The fourth-order valence-electron chi connectivity index (χ4n) is 1.67. The molecule has 1 aromatic heterocycles. The molecule has 0 fully saturated rings. The zero-order valence-corrected chi connectivity index (χ0v) is 7.75. The number of rotatable bonds is 1. The van der Waals surface area contributed by atoms with Crippen LogP contribution in [0.3, 0.4) is 0 Å². The number of nitrogens with zero attached hydrogens (tertiary/aromatic N) is 3. The van der Waals surface area contributed by atoms with Crippen molar-refractivity contribution in [1.29, 1.82) is 0 Å². The van der Waals surface area contributed by atoms with Crippen molar-refractivity contribution in [3.05, 3.63) is 12.2 Å². The molecule has 6 nitrogen and oxygen atoms in total. The summed E-state index contributed by atoms with van der Waals surface area (Å²) in [7, 11) is 1.34. The van der Waals surface area contributed by atoms with Crippen LogP contribution in [0.1, 0.15) is 18.3 Å². The normalized spacial score (nSPS) is 25.6. The lowest BCUT2D eigenvalue weighted by molar-refractivity contribution is -0.148. The Labute approximate surface area is 80.5 Å². The maximum Gasteiger partial charge on any atom is 0.310 e. The minimum Gasteiger partial charge on any atom is -0.469 e. The largest absolute Gasteiger partial charge is 0.469 e. The van der Waals surface area contributed by atoms with Gasteiger partial charge in [-0.2, -0.15) is 5.10 Å². The van der Waals surface area contributed by atoms with Crippen LogP contribution in [-0.2, 0) is 16.1 Å². The van der Waals surface area contributed by atoms with Gasteiger partial charge in [0.05, 0.1) is 19.6 Å². The molecule has 2 heterocycles. The highest BCUT2D eigenvalue weighted by Gasteiger charge is 2.32. The average Bonchev–Trinajstić information content (AvgIpc) is 2.64. The van der Waals surface area contributed by atoms with Gasteiger partial charge in [-0.15, -0.1) is 0 Å². The lowest BCUT2D eigenvalue weighted by Crippen LogP contribution is -2.30. The molecule has 1 aromatic rings. The van der Waals surface area contributed by atoms with Crippen LogP contribution in [0, 0.1) is 5.92 Å². The Morgan fingerprint density at radius 3 is 3.29 bits per heavy atom. The molecule has 2 unspecified atom stereocenters. The van der Waals surface area contributed by atoms with Gasteiger partial charge in [-0.1, -0.05) is 0 Å². The van der Waals surface area contributed by atoms with Gasteiger partial charge in [0.25, 0.3) is 0 Å². The number of methoxy groups -OCH3 is 1. The third kappa shape index (κ3) is 1.37. The molecule has 0 aliphatic carbocycles. The van der Waals surface area contributed by atoms with Gasteiger partial charge in [0.2, 0.25) is 0 Å². The minimum absolute atomic E-state index is 0.315. The second kappa shape index (κ2) is 3.38. The quantitative estimate of drug-likeness (QED) is 0.614. The van der Waals surface area contributed by atoms with Gasteiger partial charge < -0.3 is 9.84 Å². The predicted molar refractivity (Wildman–Crippen MR) is 45.1 cm³/mol. The first-order chi connectivity index (χ1) is 6.72. The molecule has 0 spiro atoms. The van der Waals surface area contributed by atoms with E-state index in [1.165, 1.54) is 18.1 Å². The van der Waals surface area contributed by atoms with Crippen molar-refractivity contribution in [3.63, 3.8) is 0 Å². The van der Waals surface area contributed by atoms with E-state index >= 15 is 0 Å². The molecule has 14 heavy (non-hydrogen) atoms. The number of esters is 1. The number of carbonyl (C=O) groups excluding carboxylic acids is 1. The van der Waals surface area contributed by atoms with Crippen molar-refractivity contribution >= 4 is 5.97 Å². The predicted octanol–water partition coefficient (Wildman–Crippen LogP) is -0.496. The smallest absolute Gasteiger partial charge is 0.310 e. The van der Waals surface area contributed by atoms with Crippen molar-refractivity contribution in [2.75, 3.05) is 7.11 Å². The molecule has 0 saturated heterocycles. The fourth-order valence-corrected chi connectivity index (χ4v) is 1.67. The number of carbonyl (C=O) groups is 1. The molecule has 2 atom stereocenters. The Balaban J connectivity index is 2.21. The van der Waals surface area contributed by atoms with Crippen LogP contribution in [0.4, 0.5) is 0 Å². The average molecular weight is 197 g/mol. The Morgan fingerprint density at radius 2 is 2.57 bits per heavy atom. The zero-order chi connectivity index (χ0) is 10.1. The summed E-state index contributed by atoms with van der Waals surface area (Å²) >= 11 is 0. The summed E-state index contributed by atoms with van der Waals surface area (Å²) in [5.41, 5.74) is 0. The summed E-state index contributed by atoms with van der Waals surface area (Å²) in [6, 6.07) is 0. The number of hydrogen-bond acceptors (Lipinski definition) is 5. The van der Waals surface area contributed by atoms with Crippen LogP contribution in [0.5, 0.6) is 0 Å². The fraction of sp³-hybridized carbons (Fsp3) is 0.625. The van der Waals surface area contributed by atoms with E-state index in [1.54, 1.807) is 0 Å². The molecule has 0 amide bonds. The molecule has 76 valence electrons. The molecule has 2 rings (SSSR count). The molecule has 0 saturated carbocycles. The van der Waals surface area contributed by atoms with Gasteiger partial charge in [0.15, 0.2) is 5.82 Å². The third-order valence-corrected chi connectivity index (χ3v) is 2.38. The highest BCUT2D eigenvalue weighted by atomic mass is 16.5. The van der Waals surface area contributed by atoms with Gasteiger partial charge in [0.1, 0.15) is 12.4 Å². The summed E-state index contributed by atoms with van der Waals surface area (Å²) in [5, 5.41) is 13.5. The zero-order valence-electron chi connectivity index (χ0n) is 7.75. The van der Waals surface area contributed by atoms with Crippen molar-refractivity contribution in [3.8, 4) is 0 Å². The van der Waals surface area contributed by atoms with Crippen molar-refractivity contribution < 1.29 is 14.6 Å². The second-order valence-corrected chi connectivity index (χ2v) is 3.27. The van der Waals surface area contributed by atoms with E-state index in [0.29, 0.717) is 18.8 Å². The third-order valence-electron chi connectivity index (χ3n) is 2.38. The van der Waals surface area contributed by atoms with Gasteiger partial charge in [-0.3, -0.25) is 4.79 Å². The summed E-state index contributed by atoms with van der Waals surface area (Å²) in [6.07, 6.45) is 0.999. The first-order valence-electron chi connectivity index (χ1n) is 4.36. The Kier molecular flexibility index (Phi) is 2.20. The van der Waals surface area contributed by atoms with Crippen LogP contribution in [-0.4, -0.2) is 33.0 Å². The second-order valence-electron chi connectivity index (χ2n) is 3.27. The Hall–Kier alpha value is -1.43. The van der Waals surface area contributed by atoms with Crippen LogP contribution < -0.4 is 0 Å². The SMILES string of the molecule is COC(=O)C1CC(O)c2ncnn2C1. The first-order valence-corrected chi connectivity index (χ1v) is 4.36.